The monoisotopic (exact) mass is 580 g/mol. The number of imidazole rings is 1. The number of nitrogens with two attached hydrogens (primary N) is 5. The van der Waals surface area contributed by atoms with E-state index in [9.17, 15) is 24.3 Å². The summed E-state index contributed by atoms with van der Waals surface area (Å²) in [5.41, 5.74) is 27.9. The largest absolute Gasteiger partial charge is 0.480 e. The third kappa shape index (κ3) is 13.5. The molecule has 1 rings (SSSR count). The molecule has 15 N–H and O–H groups in total. The lowest BCUT2D eigenvalue weighted by Gasteiger charge is -2.26. The summed E-state index contributed by atoms with van der Waals surface area (Å²) >= 11 is 0. The number of aromatic nitrogens is 2. The first kappa shape index (κ1) is 34.6. The molecule has 0 radical (unpaired) electrons. The summed E-state index contributed by atoms with van der Waals surface area (Å²) in [5, 5.41) is 17.4. The van der Waals surface area contributed by atoms with Crippen molar-refractivity contribution in [2.24, 2.45) is 44.6 Å². The molecule has 0 saturated heterocycles. The molecule has 17 nitrogen and oxygen atoms in total. The Kier molecular flexibility index (Phi) is 15.2. The number of amides is 3. The number of nitrogens with zero attached hydrogens (tertiary/aromatic N) is 3. The fourth-order valence-electron chi connectivity index (χ4n) is 3.74. The Balaban J connectivity index is 3.08. The number of carboxylic acids is 1. The highest BCUT2D eigenvalue weighted by atomic mass is 16.4. The fourth-order valence-corrected chi connectivity index (χ4v) is 3.74. The zero-order valence-corrected chi connectivity index (χ0v) is 23.5. The maximum atomic E-state index is 13.4. The minimum atomic E-state index is -1.20. The Hall–Kier alpha value is -4.41. The van der Waals surface area contributed by atoms with Crippen LogP contribution >= 0.6 is 0 Å². The normalized spacial score (nSPS) is 14.4. The molecule has 0 aliphatic carbocycles. The van der Waals surface area contributed by atoms with Gasteiger partial charge in [-0.25, -0.2) is 9.78 Å². The van der Waals surface area contributed by atoms with E-state index in [2.05, 4.69) is 35.9 Å². The van der Waals surface area contributed by atoms with Crippen LogP contribution in [0.1, 0.15) is 51.6 Å². The Labute approximate surface area is 238 Å². The van der Waals surface area contributed by atoms with E-state index in [0.29, 0.717) is 25.0 Å². The molecule has 1 aromatic heterocycles. The first-order chi connectivity index (χ1) is 19.3. The van der Waals surface area contributed by atoms with Crippen LogP contribution in [0.4, 0.5) is 0 Å². The van der Waals surface area contributed by atoms with E-state index in [0.717, 1.165) is 0 Å². The lowest BCUT2D eigenvalue weighted by atomic mass is 9.98. The van der Waals surface area contributed by atoms with Gasteiger partial charge in [0.25, 0.3) is 0 Å². The zero-order valence-electron chi connectivity index (χ0n) is 23.5. The number of aliphatic imine (C=N–C) groups is 2. The number of aromatic amines is 1. The molecule has 3 amide bonds. The second-order valence-corrected chi connectivity index (χ2v) is 9.62. The summed E-state index contributed by atoms with van der Waals surface area (Å²) in [6, 6.07) is -4.39. The Morgan fingerprint density at radius 1 is 0.927 bits per heavy atom. The number of aliphatic carboxylic acids is 1. The third-order valence-corrected chi connectivity index (χ3v) is 6.27. The molecular weight excluding hydrogens is 536 g/mol. The van der Waals surface area contributed by atoms with Gasteiger partial charge in [-0.15, -0.1) is 0 Å². The highest BCUT2D eigenvalue weighted by molar-refractivity contribution is 5.94. The SMILES string of the molecule is CCC(C)C(NC(=O)C(CCCN=C(N)N)NC(=O)C(Cc1cnc[nH]1)NC(=O)C(N)CCCN=C(N)N)C(=O)O. The first-order valence-electron chi connectivity index (χ1n) is 13.3. The number of H-pyrrole nitrogens is 1. The van der Waals surface area contributed by atoms with Gasteiger partial charge >= 0.3 is 5.97 Å². The molecule has 1 heterocycles. The van der Waals surface area contributed by atoms with E-state index in [1.54, 1.807) is 13.8 Å². The molecule has 0 spiro atoms. The molecule has 1 aromatic rings. The molecular formula is C24H44N12O5. The van der Waals surface area contributed by atoms with Gasteiger partial charge in [0.15, 0.2) is 11.9 Å². The van der Waals surface area contributed by atoms with Gasteiger partial charge in [-0.2, -0.15) is 0 Å². The molecule has 0 bridgehead atoms. The number of hydrogen-bond donors (Lipinski definition) is 10. The van der Waals surface area contributed by atoms with Crippen LogP contribution in [0.5, 0.6) is 0 Å². The van der Waals surface area contributed by atoms with Gasteiger partial charge in [0, 0.05) is 31.4 Å². The molecule has 230 valence electrons. The molecule has 5 unspecified atom stereocenters. The first-order valence-corrected chi connectivity index (χ1v) is 13.3. The van der Waals surface area contributed by atoms with E-state index in [1.165, 1.54) is 12.5 Å². The predicted octanol–water partition coefficient (Wildman–Crippen LogP) is -3.03. The second kappa shape index (κ2) is 18.0. The Morgan fingerprint density at radius 3 is 2.00 bits per heavy atom. The topological polar surface area (TPSA) is 308 Å². The average molecular weight is 581 g/mol. The minimum absolute atomic E-state index is 0.0191. The number of carbonyl (C=O) groups is 4. The molecule has 41 heavy (non-hydrogen) atoms. The summed E-state index contributed by atoms with van der Waals surface area (Å²) in [6.45, 7) is 3.96. The van der Waals surface area contributed by atoms with Crippen molar-refractivity contribution in [3.05, 3.63) is 18.2 Å². The minimum Gasteiger partial charge on any atom is -0.480 e. The van der Waals surface area contributed by atoms with E-state index in [1.807, 2.05) is 0 Å². The van der Waals surface area contributed by atoms with Gasteiger partial charge in [-0.05, 0) is 31.6 Å². The molecule has 0 fully saturated rings. The van der Waals surface area contributed by atoms with Crippen LogP contribution in [0.3, 0.4) is 0 Å². The van der Waals surface area contributed by atoms with Crippen LogP contribution in [0.25, 0.3) is 0 Å². The van der Waals surface area contributed by atoms with E-state index < -0.39 is 47.9 Å². The molecule has 5 atom stereocenters. The van der Waals surface area contributed by atoms with Crippen LogP contribution in [0.15, 0.2) is 22.5 Å². The number of carboxylic acid groups (broad SMARTS) is 1. The number of nitrogens with one attached hydrogen (secondary N) is 4. The van der Waals surface area contributed by atoms with Crippen LogP contribution < -0.4 is 44.6 Å². The lowest BCUT2D eigenvalue weighted by molar-refractivity contribution is -0.144. The Bertz CT molecular complexity index is 1040. The Morgan fingerprint density at radius 2 is 1.49 bits per heavy atom. The highest BCUT2D eigenvalue weighted by Crippen LogP contribution is 2.10. The zero-order chi connectivity index (χ0) is 30.9. The van der Waals surface area contributed by atoms with Crippen molar-refractivity contribution in [3.63, 3.8) is 0 Å². The van der Waals surface area contributed by atoms with E-state index in [-0.39, 0.29) is 50.2 Å². The summed E-state index contributed by atoms with van der Waals surface area (Å²) < 4.78 is 0. The molecule has 0 aliphatic rings. The quantitative estimate of drug-likeness (QED) is 0.0445. The summed E-state index contributed by atoms with van der Waals surface area (Å²) in [5.74, 6) is -3.74. The van der Waals surface area contributed by atoms with Crippen LogP contribution in [-0.4, -0.2) is 87.9 Å². The van der Waals surface area contributed by atoms with Gasteiger partial charge in [-0.1, -0.05) is 20.3 Å². The van der Waals surface area contributed by atoms with E-state index in [4.69, 9.17) is 28.7 Å². The van der Waals surface area contributed by atoms with Crippen molar-refractivity contribution in [3.8, 4) is 0 Å². The standard InChI is InChI=1S/C24H44N12O5/c1-3-13(2)18(22(40)41)36-20(38)16(7-5-9-32-24(28)29)34-21(39)17(10-14-11-30-12-33-14)35-19(37)15(25)6-4-8-31-23(26)27/h11-13,15-18H,3-10,25H2,1-2H3,(H,30,33)(H,34,39)(H,35,37)(H,36,38)(H,40,41)(H4,26,27,31)(H4,28,29,32). The summed E-state index contributed by atoms with van der Waals surface area (Å²) in [4.78, 5) is 65.7. The second-order valence-electron chi connectivity index (χ2n) is 9.62. The van der Waals surface area contributed by atoms with Gasteiger partial charge in [0.1, 0.15) is 18.1 Å². The van der Waals surface area contributed by atoms with Gasteiger partial charge < -0.3 is 54.7 Å². The van der Waals surface area contributed by atoms with Crippen molar-refractivity contribution in [2.75, 3.05) is 13.1 Å². The van der Waals surface area contributed by atoms with Crippen molar-refractivity contribution in [1.82, 2.24) is 25.9 Å². The number of carbonyl (C=O) groups excluding carboxylic acids is 3. The smallest absolute Gasteiger partial charge is 0.326 e. The molecule has 0 aliphatic heterocycles. The molecule has 0 aromatic carbocycles. The van der Waals surface area contributed by atoms with Crippen LogP contribution in [0, 0.1) is 5.92 Å². The highest BCUT2D eigenvalue weighted by Gasteiger charge is 2.32. The van der Waals surface area contributed by atoms with Gasteiger partial charge in [0.05, 0.1) is 12.4 Å². The third-order valence-electron chi connectivity index (χ3n) is 6.27. The number of guanidine groups is 2. The summed E-state index contributed by atoms with van der Waals surface area (Å²) in [6.07, 6.45) is 4.51. The lowest BCUT2D eigenvalue weighted by Crippen LogP contribution is -2.58. The predicted molar refractivity (Wildman–Crippen MR) is 153 cm³/mol. The van der Waals surface area contributed by atoms with Crippen LogP contribution in [0.2, 0.25) is 0 Å². The maximum absolute atomic E-state index is 13.4. The molecule has 0 saturated carbocycles. The maximum Gasteiger partial charge on any atom is 0.326 e. The van der Waals surface area contributed by atoms with Crippen molar-refractivity contribution >= 4 is 35.6 Å². The van der Waals surface area contributed by atoms with Crippen molar-refractivity contribution < 1.29 is 24.3 Å². The number of rotatable bonds is 19. The fraction of sp³-hybridized carbons (Fsp3) is 0.625. The van der Waals surface area contributed by atoms with Gasteiger partial charge in [0.2, 0.25) is 17.7 Å². The van der Waals surface area contributed by atoms with Gasteiger partial charge in [-0.3, -0.25) is 24.4 Å². The van der Waals surface area contributed by atoms with Crippen molar-refractivity contribution in [1.29, 1.82) is 0 Å². The van der Waals surface area contributed by atoms with E-state index >= 15 is 0 Å². The number of hydrogen-bond acceptors (Lipinski definition) is 8. The summed E-state index contributed by atoms with van der Waals surface area (Å²) in [7, 11) is 0. The van der Waals surface area contributed by atoms with Crippen molar-refractivity contribution in [2.45, 2.75) is 76.5 Å². The van der Waals surface area contributed by atoms with Crippen LogP contribution in [-0.2, 0) is 25.6 Å². The average Bonchev–Trinajstić information content (AvgIpc) is 3.42. The molecule has 17 heteroatoms.